The zero-order valence-corrected chi connectivity index (χ0v) is 15.9. The van der Waals surface area contributed by atoms with Crippen LogP contribution in [0.15, 0.2) is 24.3 Å². The van der Waals surface area contributed by atoms with Crippen LogP contribution in [-0.2, 0) is 18.6 Å². The van der Waals surface area contributed by atoms with Gasteiger partial charge in [-0.15, -0.1) is 0 Å². The second kappa shape index (κ2) is 5.33. The SMILES string of the molecule is C#[N+][C@@]12c3cc4c(cc3C[C@H](C)[C@@H]1c1ccc3c(c1CN2C)OCO3)OCO4. The number of nitrogens with zero attached hydrogens (tertiary/aromatic N) is 2. The highest BCUT2D eigenvalue weighted by atomic mass is 16.7. The first-order valence-electron chi connectivity index (χ1n) is 9.61. The van der Waals surface area contributed by atoms with Gasteiger partial charge in [-0.1, -0.05) is 17.8 Å². The fourth-order valence-corrected chi connectivity index (χ4v) is 5.60. The fourth-order valence-electron chi connectivity index (χ4n) is 5.60. The van der Waals surface area contributed by atoms with Crippen LogP contribution in [0, 0.1) is 12.5 Å². The van der Waals surface area contributed by atoms with Gasteiger partial charge in [0.2, 0.25) is 13.6 Å². The van der Waals surface area contributed by atoms with Crippen LogP contribution < -0.4 is 18.9 Å². The van der Waals surface area contributed by atoms with Gasteiger partial charge in [0.15, 0.2) is 23.0 Å². The van der Waals surface area contributed by atoms with E-state index in [1.807, 2.05) is 6.07 Å². The predicted octanol–water partition coefficient (Wildman–Crippen LogP) is 3.68. The Morgan fingerprint density at radius 1 is 1.07 bits per heavy atom. The Kier molecular flexibility index (Phi) is 3.06. The van der Waals surface area contributed by atoms with Crippen LogP contribution in [0.4, 0.5) is 0 Å². The Labute approximate surface area is 163 Å². The van der Waals surface area contributed by atoms with E-state index in [4.69, 9.17) is 25.5 Å². The first-order chi connectivity index (χ1) is 13.6. The smallest absolute Gasteiger partial charge is 0.370 e. The van der Waals surface area contributed by atoms with Crippen molar-refractivity contribution in [2.75, 3.05) is 20.6 Å². The van der Waals surface area contributed by atoms with Crippen molar-refractivity contribution in [3.8, 4) is 29.6 Å². The van der Waals surface area contributed by atoms with E-state index >= 15 is 0 Å². The lowest BCUT2D eigenvalue weighted by molar-refractivity contribution is 0.0692. The van der Waals surface area contributed by atoms with Crippen LogP contribution in [0.5, 0.6) is 23.0 Å². The molecule has 0 radical (unpaired) electrons. The molecule has 28 heavy (non-hydrogen) atoms. The molecule has 0 saturated heterocycles. The van der Waals surface area contributed by atoms with Gasteiger partial charge in [0.05, 0.1) is 11.5 Å². The van der Waals surface area contributed by atoms with E-state index in [1.54, 1.807) is 0 Å². The van der Waals surface area contributed by atoms with Crippen molar-refractivity contribution in [1.82, 2.24) is 4.90 Å². The summed E-state index contributed by atoms with van der Waals surface area (Å²) in [7, 11) is 2.08. The molecule has 2 aromatic rings. The maximum atomic E-state index is 6.19. The van der Waals surface area contributed by atoms with E-state index in [2.05, 4.69) is 41.9 Å². The molecule has 3 atom stereocenters. The van der Waals surface area contributed by atoms with Crippen LogP contribution in [-0.4, -0.2) is 25.5 Å². The average Bonchev–Trinajstić information content (AvgIpc) is 3.35. The number of ether oxygens (including phenoxy) is 4. The molecule has 6 heteroatoms. The molecule has 2 aromatic carbocycles. The molecule has 0 unspecified atom stereocenters. The predicted molar refractivity (Wildman–Crippen MR) is 102 cm³/mol. The standard InChI is InChI=1S/C22H21N2O4/c1-12-6-13-7-18-19(27-10-26-18)8-16(13)22(23-2)20(12)14-4-5-17-21(28-11-25-17)15(14)9-24(22)3/h2,4-5,7-8,12,20H,6,9-11H2,1,3H3/q+1/t12-,20+,22+/m0/s1. The number of benzene rings is 2. The maximum Gasteiger partial charge on any atom is 0.370 e. The van der Waals surface area contributed by atoms with E-state index in [0.29, 0.717) is 12.5 Å². The van der Waals surface area contributed by atoms with Gasteiger partial charge in [-0.2, -0.15) is 0 Å². The van der Waals surface area contributed by atoms with Crippen LogP contribution in [0.2, 0.25) is 0 Å². The molecular weight excluding hydrogens is 356 g/mol. The Morgan fingerprint density at radius 2 is 1.82 bits per heavy atom. The zero-order chi connectivity index (χ0) is 19.0. The summed E-state index contributed by atoms with van der Waals surface area (Å²) >= 11 is 0. The van der Waals surface area contributed by atoms with E-state index in [-0.39, 0.29) is 19.5 Å². The van der Waals surface area contributed by atoms with Crippen LogP contribution >= 0.6 is 0 Å². The monoisotopic (exact) mass is 377 g/mol. The summed E-state index contributed by atoms with van der Waals surface area (Å²) in [5.41, 5.74) is 4.09. The number of likely N-dealkylation sites (N-methyl/N-ethyl adjacent to an activating group) is 1. The molecular formula is C22H21N2O4+. The van der Waals surface area contributed by atoms with Gasteiger partial charge < -0.3 is 18.9 Å². The molecule has 6 nitrogen and oxygen atoms in total. The van der Waals surface area contributed by atoms with Gasteiger partial charge in [0, 0.05) is 12.1 Å². The molecule has 3 heterocycles. The minimum Gasteiger partial charge on any atom is -0.454 e. The third-order valence-electron chi connectivity index (χ3n) is 6.73. The van der Waals surface area contributed by atoms with E-state index in [1.165, 1.54) is 16.7 Å². The minimum atomic E-state index is -0.658. The van der Waals surface area contributed by atoms with Gasteiger partial charge >= 0.3 is 5.66 Å². The number of hydrogen-bond donors (Lipinski definition) is 0. The lowest BCUT2D eigenvalue weighted by Crippen LogP contribution is -2.53. The van der Waals surface area contributed by atoms with Crippen molar-refractivity contribution >= 4 is 0 Å². The molecule has 6 rings (SSSR count). The van der Waals surface area contributed by atoms with Crippen molar-refractivity contribution in [1.29, 1.82) is 0 Å². The minimum absolute atomic E-state index is 0.105. The molecule has 0 saturated carbocycles. The Bertz CT molecular complexity index is 1060. The molecule has 0 N–H and O–H groups in total. The fraction of sp³-hybridized carbons (Fsp3) is 0.409. The molecule has 0 bridgehead atoms. The van der Waals surface area contributed by atoms with Gasteiger partial charge in [0.1, 0.15) is 0 Å². The van der Waals surface area contributed by atoms with E-state index in [0.717, 1.165) is 35.0 Å². The third kappa shape index (κ3) is 1.80. The molecule has 0 spiro atoms. The quantitative estimate of drug-likeness (QED) is 0.701. The van der Waals surface area contributed by atoms with Crippen molar-refractivity contribution in [2.45, 2.75) is 31.5 Å². The lowest BCUT2D eigenvalue weighted by Gasteiger charge is -2.46. The highest BCUT2D eigenvalue weighted by molar-refractivity contribution is 5.60. The van der Waals surface area contributed by atoms with Crippen molar-refractivity contribution in [3.63, 3.8) is 0 Å². The van der Waals surface area contributed by atoms with Crippen molar-refractivity contribution < 1.29 is 18.9 Å². The van der Waals surface area contributed by atoms with Crippen molar-refractivity contribution in [2.24, 2.45) is 5.92 Å². The molecule has 1 aliphatic carbocycles. The van der Waals surface area contributed by atoms with Crippen LogP contribution in [0.25, 0.3) is 4.85 Å². The first-order valence-corrected chi connectivity index (χ1v) is 9.61. The molecule has 142 valence electrons. The lowest BCUT2D eigenvalue weighted by atomic mass is 9.63. The number of fused-ring (bicyclic) bond motifs is 8. The molecule has 4 aliphatic rings. The highest BCUT2D eigenvalue weighted by Gasteiger charge is 2.63. The second-order valence-corrected chi connectivity index (χ2v) is 8.10. The van der Waals surface area contributed by atoms with Gasteiger partial charge in [-0.05, 0) is 48.7 Å². The summed E-state index contributed by atoms with van der Waals surface area (Å²) in [5.74, 6) is 3.68. The maximum absolute atomic E-state index is 6.19. The number of hydrogen-bond acceptors (Lipinski definition) is 5. The Hall–Kier alpha value is -2.91. The largest absolute Gasteiger partial charge is 0.454 e. The van der Waals surface area contributed by atoms with Crippen LogP contribution in [0.1, 0.15) is 35.1 Å². The summed E-state index contributed by atoms with van der Waals surface area (Å²) in [6.45, 7) is 9.66. The van der Waals surface area contributed by atoms with Crippen LogP contribution in [0.3, 0.4) is 0 Å². The second-order valence-electron chi connectivity index (χ2n) is 8.10. The van der Waals surface area contributed by atoms with Gasteiger partial charge in [0.25, 0.3) is 6.57 Å². The summed E-state index contributed by atoms with van der Waals surface area (Å²) in [5, 5.41) is 0. The summed E-state index contributed by atoms with van der Waals surface area (Å²) < 4.78 is 22.7. The first kappa shape index (κ1) is 16.1. The molecule has 0 fully saturated rings. The highest BCUT2D eigenvalue weighted by Crippen LogP contribution is 2.59. The summed E-state index contributed by atoms with van der Waals surface area (Å²) in [6.07, 6.45) is 0.926. The Morgan fingerprint density at radius 3 is 2.64 bits per heavy atom. The third-order valence-corrected chi connectivity index (χ3v) is 6.73. The summed E-state index contributed by atoms with van der Waals surface area (Å²) in [4.78, 5) is 6.78. The molecule has 0 amide bonds. The topological polar surface area (TPSA) is 44.5 Å². The zero-order valence-electron chi connectivity index (χ0n) is 15.9. The Balaban J connectivity index is 1.62. The molecule has 0 aromatic heterocycles. The average molecular weight is 377 g/mol. The molecule has 3 aliphatic heterocycles. The van der Waals surface area contributed by atoms with E-state index < -0.39 is 5.66 Å². The van der Waals surface area contributed by atoms with Gasteiger partial charge in [-0.25, -0.2) is 4.90 Å². The number of rotatable bonds is 0. The van der Waals surface area contributed by atoms with Crippen molar-refractivity contribution in [3.05, 3.63) is 51.4 Å². The van der Waals surface area contributed by atoms with E-state index in [9.17, 15) is 0 Å². The summed E-state index contributed by atoms with van der Waals surface area (Å²) in [6, 6.07) is 8.34. The normalized spacial score (nSPS) is 28.9. The van der Waals surface area contributed by atoms with Gasteiger partial charge in [-0.3, -0.25) is 0 Å².